The Morgan fingerprint density at radius 1 is 1.44 bits per heavy atom. The lowest BCUT2D eigenvalue weighted by atomic mass is 9.68. The van der Waals surface area contributed by atoms with Crippen molar-refractivity contribution in [3.8, 4) is 0 Å². The number of nitrogens with zero attached hydrogens (tertiary/aromatic N) is 2. The van der Waals surface area contributed by atoms with E-state index in [1.54, 1.807) is 19.1 Å². The van der Waals surface area contributed by atoms with Crippen molar-refractivity contribution in [1.82, 2.24) is 5.01 Å². The fourth-order valence-electron chi connectivity index (χ4n) is 3.39. The van der Waals surface area contributed by atoms with Crippen LogP contribution in [-0.4, -0.2) is 43.8 Å². The highest BCUT2D eigenvalue weighted by atomic mass is 35.5. The van der Waals surface area contributed by atoms with Gasteiger partial charge in [-0.3, -0.25) is 9.80 Å². The highest BCUT2D eigenvalue weighted by molar-refractivity contribution is 6.35. The number of amides is 1. The van der Waals surface area contributed by atoms with Crippen molar-refractivity contribution in [2.24, 2.45) is 22.2 Å². The molecule has 2 rings (SSSR count). The van der Waals surface area contributed by atoms with E-state index in [-0.39, 0.29) is 6.54 Å². The lowest BCUT2D eigenvalue weighted by Crippen LogP contribution is -2.53. The van der Waals surface area contributed by atoms with Crippen molar-refractivity contribution in [2.75, 3.05) is 20.7 Å². The molecule has 0 aliphatic carbocycles. The van der Waals surface area contributed by atoms with Crippen LogP contribution in [0, 0.1) is 11.3 Å². The summed E-state index contributed by atoms with van der Waals surface area (Å²) in [4.78, 5) is 12.3. The van der Waals surface area contributed by atoms with Gasteiger partial charge in [0.25, 0.3) is 6.43 Å². The number of halogens is 4. The Hall–Kier alpha value is -1.44. The fourth-order valence-corrected chi connectivity index (χ4v) is 3.90. The monoisotopic (exact) mass is 393 g/mol. The average molecular weight is 394 g/mol. The summed E-state index contributed by atoms with van der Waals surface area (Å²) in [5, 5.41) is 5.85. The maximum atomic E-state index is 13.6. The van der Waals surface area contributed by atoms with Crippen LogP contribution < -0.4 is 5.73 Å². The first kappa shape index (κ1) is 19.9. The molecule has 0 bridgehead atoms. The summed E-state index contributed by atoms with van der Waals surface area (Å²) in [6.07, 6.45) is -3.68. The predicted molar refractivity (Wildman–Crippen MR) is 93.1 cm³/mol. The van der Waals surface area contributed by atoms with Crippen molar-refractivity contribution in [3.63, 3.8) is 0 Å². The molecule has 25 heavy (non-hydrogen) atoms. The summed E-state index contributed by atoms with van der Waals surface area (Å²) >= 11 is 12.1. The van der Waals surface area contributed by atoms with Gasteiger partial charge in [-0.2, -0.15) is 5.10 Å². The zero-order chi connectivity index (χ0) is 18.9. The lowest BCUT2D eigenvalue weighted by Gasteiger charge is -2.37. The van der Waals surface area contributed by atoms with Crippen LogP contribution in [-0.2, 0) is 9.53 Å². The van der Waals surface area contributed by atoms with Crippen molar-refractivity contribution in [2.45, 2.75) is 19.5 Å². The number of carbonyl (C=O) groups is 1. The Labute approximate surface area is 154 Å². The van der Waals surface area contributed by atoms with Gasteiger partial charge in [0.2, 0.25) is 5.91 Å². The molecule has 0 spiro atoms. The molecule has 0 saturated heterocycles. The Bertz CT molecular complexity index is 702. The molecule has 0 radical (unpaired) electrons. The highest BCUT2D eigenvalue weighted by Gasteiger charge is 2.56. The molecule has 0 saturated carbocycles. The number of hydrogen-bond acceptors (Lipinski definition) is 4. The SMILES string of the molecule is COC(c1ccc(Cl)cc1Cl)C(C)C1(C(N)=O)CN(C)N=C1C(F)F. The first-order valence-corrected chi connectivity index (χ1v) is 8.26. The number of nitrogens with two attached hydrogens (primary N) is 1. The topological polar surface area (TPSA) is 67.9 Å². The van der Waals surface area contributed by atoms with Gasteiger partial charge >= 0.3 is 0 Å². The fraction of sp³-hybridized carbons (Fsp3) is 0.500. The molecule has 9 heteroatoms. The van der Waals surface area contributed by atoms with E-state index >= 15 is 0 Å². The molecule has 1 amide bonds. The summed E-state index contributed by atoms with van der Waals surface area (Å²) < 4.78 is 32.7. The molecular formula is C16H19Cl2F2N3O2. The number of hydrogen-bond donors (Lipinski definition) is 1. The number of ether oxygens (including phenoxy) is 1. The lowest BCUT2D eigenvalue weighted by molar-refractivity contribution is -0.129. The molecule has 0 aromatic heterocycles. The Balaban J connectivity index is 2.54. The first-order chi connectivity index (χ1) is 11.6. The minimum absolute atomic E-state index is 0.0613. The van der Waals surface area contributed by atoms with Crippen molar-refractivity contribution in [3.05, 3.63) is 33.8 Å². The van der Waals surface area contributed by atoms with E-state index in [0.717, 1.165) is 0 Å². The third-order valence-electron chi connectivity index (χ3n) is 4.61. The van der Waals surface area contributed by atoms with Crippen LogP contribution >= 0.6 is 23.2 Å². The molecule has 1 aliphatic heterocycles. The van der Waals surface area contributed by atoms with Crippen molar-refractivity contribution >= 4 is 34.8 Å². The Kier molecular flexibility index (Phi) is 5.91. The molecule has 1 aliphatic rings. The van der Waals surface area contributed by atoms with Crippen LogP contribution in [0.25, 0.3) is 0 Å². The second-order valence-electron chi connectivity index (χ2n) is 6.05. The third-order valence-corrected chi connectivity index (χ3v) is 5.18. The van der Waals surface area contributed by atoms with Crippen molar-refractivity contribution < 1.29 is 18.3 Å². The number of hydrazone groups is 1. The van der Waals surface area contributed by atoms with E-state index in [2.05, 4.69) is 5.10 Å². The summed E-state index contributed by atoms with van der Waals surface area (Å²) in [6, 6.07) is 4.78. The van der Waals surface area contributed by atoms with Gasteiger partial charge in [-0.25, -0.2) is 8.78 Å². The molecule has 3 atom stereocenters. The number of alkyl halides is 2. The number of primary amides is 1. The third kappa shape index (κ3) is 3.45. The van der Waals surface area contributed by atoms with Crippen LogP contribution in [0.4, 0.5) is 8.78 Å². The van der Waals surface area contributed by atoms with E-state index < -0.39 is 35.5 Å². The smallest absolute Gasteiger partial charge is 0.279 e. The zero-order valence-electron chi connectivity index (χ0n) is 14.0. The Morgan fingerprint density at radius 2 is 2.08 bits per heavy atom. The maximum absolute atomic E-state index is 13.6. The number of methoxy groups -OCH3 is 1. The molecule has 0 fully saturated rings. The number of carbonyl (C=O) groups excluding carboxylic acids is 1. The van der Waals surface area contributed by atoms with Crippen molar-refractivity contribution in [1.29, 1.82) is 0 Å². The van der Waals surface area contributed by atoms with E-state index in [1.165, 1.54) is 25.2 Å². The number of rotatable bonds is 6. The van der Waals surface area contributed by atoms with E-state index in [0.29, 0.717) is 15.6 Å². The minimum atomic E-state index is -2.92. The van der Waals surface area contributed by atoms with E-state index in [9.17, 15) is 13.6 Å². The van der Waals surface area contributed by atoms with Gasteiger partial charge < -0.3 is 10.5 Å². The summed E-state index contributed by atoms with van der Waals surface area (Å²) in [5.41, 5.74) is 3.87. The van der Waals surface area contributed by atoms with Gasteiger partial charge in [-0.1, -0.05) is 36.2 Å². The Morgan fingerprint density at radius 3 is 2.56 bits per heavy atom. The van der Waals surface area contributed by atoms with Crippen LogP contribution in [0.5, 0.6) is 0 Å². The van der Waals surface area contributed by atoms with Gasteiger partial charge in [0.1, 0.15) is 11.1 Å². The van der Waals surface area contributed by atoms with Gasteiger partial charge in [-0.05, 0) is 17.7 Å². The molecule has 1 heterocycles. The second kappa shape index (κ2) is 7.43. The number of benzene rings is 1. The normalized spacial score (nSPS) is 22.9. The standard InChI is InChI=1S/C16H19Cl2F2N3O2/c1-8(12(25-3)10-5-4-9(17)6-11(10)18)16(15(21)24)7-23(2)22-13(16)14(19)20/h4-6,8,12,14H,7H2,1-3H3,(H2,21,24). The molecule has 1 aromatic rings. The molecule has 1 aromatic carbocycles. The average Bonchev–Trinajstić information content (AvgIpc) is 2.89. The van der Waals surface area contributed by atoms with E-state index in [1.807, 2.05) is 0 Å². The second-order valence-corrected chi connectivity index (χ2v) is 6.89. The quantitative estimate of drug-likeness (QED) is 0.805. The summed E-state index contributed by atoms with van der Waals surface area (Å²) in [6.45, 7) is 1.56. The molecule has 5 nitrogen and oxygen atoms in total. The maximum Gasteiger partial charge on any atom is 0.279 e. The molecule has 2 N–H and O–H groups in total. The summed E-state index contributed by atoms with van der Waals surface area (Å²) in [5.74, 6) is -1.62. The highest BCUT2D eigenvalue weighted by Crippen LogP contribution is 2.46. The van der Waals surface area contributed by atoms with Gasteiger partial charge in [-0.15, -0.1) is 0 Å². The molecular weight excluding hydrogens is 375 g/mol. The summed E-state index contributed by atoms with van der Waals surface area (Å²) in [7, 11) is 2.93. The van der Waals surface area contributed by atoms with Crippen LogP contribution in [0.15, 0.2) is 23.3 Å². The zero-order valence-corrected chi connectivity index (χ0v) is 15.5. The van der Waals surface area contributed by atoms with Crippen LogP contribution in [0.1, 0.15) is 18.6 Å². The van der Waals surface area contributed by atoms with Gasteiger partial charge in [0.15, 0.2) is 0 Å². The predicted octanol–water partition coefficient (Wildman–Crippen LogP) is 3.36. The first-order valence-electron chi connectivity index (χ1n) is 7.51. The van der Waals surface area contributed by atoms with E-state index in [4.69, 9.17) is 33.7 Å². The largest absolute Gasteiger partial charge is 0.376 e. The molecule has 138 valence electrons. The molecule has 3 unspecified atom stereocenters. The minimum Gasteiger partial charge on any atom is -0.376 e. The van der Waals surface area contributed by atoms with Crippen LogP contribution in [0.2, 0.25) is 10.0 Å². The van der Waals surface area contributed by atoms with Gasteiger partial charge in [0, 0.05) is 30.1 Å². The van der Waals surface area contributed by atoms with Crippen LogP contribution in [0.3, 0.4) is 0 Å². The van der Waals surface area contributed by atoms with Gasteiger partial charge in [0.05, 0.1) is 12.6 Å².